The average Bonchev–Trinajstić information content (AvgIpc) is 2.08. The van der Waals surface area contributed by atoms with Crippen LogP contribution in [0.2, 0.25) is 0 Å². The molecule has 4 heteroatoms. The summed E-state index contributed by atoms with van der Waals surface area (Å²) in [6.07, 6.45) is 0.347. The molecule has 0 aromatic heterocycles. The molecule has 0 spiro atoms. The first-order valence-corrected chi connectivity index (χ1v) is 3.63. The van der Waals surface area contributed by atoms with E-state index in [9.17, 15) is 13.6 Å². The van der Waals surface area contributed by atoms with E-state index in [1.807, 2.05) is 0 Å². The van der Waals surface area contributed by atoms with Crippen molar-refractivity contribution in [2.75, 3.05) is 0 Å². The number of alkyl halides is 1. The largest absolute Gasteiger partial charge is 0.301 e. The van der Waals surface area contributed by atoms with Gasteiger partial charge in [0.25, 0.3) is 0 Å². The van der Waals surface area contributed by atoms with Gasteiger partial charge in [0.15, 0.2) is 11.6 Å². The molecule has 1 rings (SSSR count). The van der Waals surface area contributed by atoms with Crippen LogP contribution in [-0.2, 0) is 4.79 Å². The molecule has 64 valence electrons. The molecule has 1 unspecified atom stereocenters. The lowest BCUT2D eigenvalue weighted by Gasteiger charge is -2.03. The topological polar surface area (TPSA) is 17.1 Å². The van der Waals surface area contributed by atoms with E-state index < -0.39 is 17.0 Å². The summed E-state index contributed by atoms with van der Waals surface area (Å²) in [7, 11) is 0. The first-order chi connectivity index (χ1) is 5.66. The maximum atomic E-state index is 12.8. The minimum atomic E-state index is -1.12. The second-order valence-electron chi connectivity index (χ2n) is 2.18. The summed E-state index contributed by atoms with van der Waals surface area (Å²) in [6, 6.07) is 3.53. The fraction of sp³-hybridized carbons (Fsp3) is 0.125. The van der Waals surface area contributed by atoms with Crippen LogP contribution >= 0.6 is 11.6 Å². The van der Waals surface area contributed by atoms with E-state index in [1.54, 1.807) is 0 Å². The van der Waals surface area contributed by atoms with Crippen molar-refractivity contribution < 1.29 is 13.6 Å². The predicted molar refractivity (Wildman–Crippen MR) is 41.0 cm³/mol. The van der Waals surface area contributed by atoms with Gasteiger partial charge in [0.1, 0.15) is 11.7 Å². The van der Waals surface area contributed by atoms with E-state index >= 15 is 0 Å². The third kappa shape index (κ3) is 1.61. The Balaban J connectivity index is 3.15. The summed E-state index contributed by atoms with van der Waals surface area (Å²) in [6.45, 7) is 0. The van der Waals surface area contributed by atoms with Gasteiger partial charge in [-0.15, -0.1) is 11.6 Å². The molecule has 1 aromatic rings. The Labute approximate surface area is 73.0 Å². The molecule has 0 fully saturated rings. The normalized spacial score (nSPS) is 12.6. The van der Waals surface area contributed by atoms with Crippen molar-refractivity contribution >= 4 is 17.9 Å². The SMILES string of the molecule is O=CC(Cl)c1cccc(F)c1F. The molecular formula is C8H5ClF2O. The van der Waals surface area contributed by atoms with Gasteiger partial charge in [-0.2, -0.15) is 0 Å². The maximum Gasteiger partial charge on any atom is 0.163 e. The van der Waals surface area contributed by atoms with Crippen LogP contribution in [0.15, 0.2) is 18.2 Å². The summed E-state index contributed by atoms with van der Waals surface area (Å²) in [5, 5.41) is -1.12. The summed E-state index contributed by atoms with van der Waals surface area (Å²) in [5.41, 5.74) is -0.133. The standard InChI is InChI=1S/C8H5ClF2O/c9-6(4-12)5-2-1-3-7(10)8(5)11/h1-4,6H. The van der Waals surface area contributed by atoms with Crippen molar-refractivity contribution in [3.63, 3.8) is 0 Å². The first kappa shape index (κ1) is 9.13. The number of aldehydes is 1. The molecule has 0 aliphatic rings. The predicted octanol–water partition coefficient (Wildman–Crippen LogP) is 2.44. The Hall–Kier alpha value is -0.960. The third-order valence-electron chi connectivity index (χ3n) is 1.40. The molecule has 0 aliphatic carbocycles. The lowest BCUT2D eigenvalue weighted by Crippen LogP contribution is -1.97. The van der Waals surface area contributed by atoms with Crippen molar-refractivity contribution in [3.8, 4) is 0 Å². The van der Waals surface area contributed by atoms with Crippen LogP contribution in [0.3, 0.4) is 0 Å². The van der Waals surface area contributed by atoms with E-state index in [0.29, 0.717) is 6.29 Å². The van der Waals surface area contributed by atoms with Crippen LogP contribution < -0.4 is 0 Å². The van der Waals surface area contributed by atoms with E-state index in [0.717, 1.165) is 6.07 Å². The van der Waals surface area contributed by atoms with Gasteiger partial charge in [-0.3, -0.25) is 0 Å². The highest BCUT2D eigenvalue weighted by atomic mass is 35.5. The van der Waals surface area contributed by atoms with Gasteiger partial charge in [0.2, 0.25) is 0 Å². The van der Waals surface area contributed by atoms with Crippen LogP contribution in [0.1, 0.15) is 10.9 Å². The van der Waals surface area contributed by atoms with Gasteiger partial charge >= 0.3 is 0 Å². The molecule has 1 aromatic carbocycles. The second-order valence-corrected chi connectivity index (χ2v) is 2.65. The van der Waals surface area contributed by atoms with Gasteiger partial charge in [-0.05, 0) is 6.07 Å². The van der Waals surface area contributed by atoms with Gasteiger partial charge in [0.05, 0.1) is 0 Å². The number of hydrogen-bond donors (Lipinski definition) is 0. The zero-order valence-electron chi connectivity index (χ0n) is 5.93. The van der Waals surface area contributed by atoms with Gasteiger partial charge in [-0.25, -0.2) is 8.78 Å². The Morgan fingerprint density at radius 3 is 2.67 bits per heavy atom. The Bertz CT molecular complexity index is 301. The lowest BCUT2D eigenvalue weighted by molar-refractivity contribution is -0.107. The molecular weight excluding hydrogens is 186 g/mol. The average molecular weight is 191 g/mol. The van der Waals surface area contributed by atoms with E-state index in [4.69, 9.17) is 11.6 Å². The molecule has 0 saturated carbocycles. The summed E-state index contributed by atoms with van der Waals surface area (Å²) < 4.78 is 25.3. The number of benzene rings is 1. The monoisotopic (exact) mass is 190 g/mol. The zero-order valence-corrected chi connectivity index (χ0v) is 6.68. The van der Waals surface area contributed by atoms with Gasteiger partial charge in [0, 0.05) is 5.56 Å². The molecule has 0 N–H and O–H groups in total. The molecule has 0 amide bonds. The highest BCUT2D eigenvalue weighted by molar-refractivity contribution is 6.27. The Kier molecular flexibility index (Phi) is 2.76. The minimum absolute atomic E-state index is 0.133. The number of halogens is 3. The van der Waals surface area contributed by atoms with Crippen LogP contribution in [0.4, 0.5) is 8.78 Å². The highest BCUT2D eigenvalue weighted by Gasteiger charge is 2.14. The summed E-state index contributed by atoms with van der Waals surface area (Å²) in [5.74, 6) is -2.07. The fourth-order valence-corrected chi connectivity index (χ4v) is 0.975. The molecule has 0 aliphatic heterocycles. The first-order valence-electron chi connectivity index (χ1n) is 3.20. The van der Waals surface area contributed by atoms with E-state index in [2.05, 4.69) is 0 Å². The molecule has 0 radical (unpaired) electrons. The van der Waals surface area contributed by atoms with E-state index in [1.165, 1.54) is 12.1 Å². The minimum Gasteiger partial charge on any atom is -0.301 e. The Morgan fingerprint density at radius 2 is 2.08 bits per heavy atom. The van der Waals surface area contributed by atoms with Gasteiger partial charge in [-0.1, -0.05) is 12.1 Å². The summed E-state index contributed by atoms with van der Waals surface area (Å²) >= 11 is 5.39. The molecule has 0 saturated heterocycles. The smallest absolute Gasteiger partial charge is 0.163 e. The molecule has 0 heterocycles. The van der Waals surface area contributed by atoms with Crippen LogP contribution in [0.5, 0.6) is 0 Å². The second kappa shape index (κ2) is 3.63. The highest BCUT2D eigenvalue weighted by Crippen LogP contribution is 2.22. The Morgan fingerprint density at radius 1 is 1.42 bits per heavy atom. The van der Waals surface area contributed by atoms with Crippen molar-refractivity contribution in [2.45, 2.75) is 5.38 Å². The van der Waals surface area contributed by atoms with Gasteiger partial charge < -0.3 is 4.79 Å². The number of carbonyl (C=O) groups excluding carboxylic acids is 1. The van der Waals surface area contributed by atoms with E-state index in [-0.39, 0.29) is 5.56 Å². The van der Waals surface area contributed by atoms with Crippen molar-refractivity contribution in [1.29, 1.82) is 0 Å². The summed E-state index contributed by atoms with van der Waals surface area (Å²) in [4.78, 5) is 10.1. The number of carbonyl (C=O) groups is 1. The molecule has 1 atom stereocenters. The van der Waals surface area contributed by atoms with Crippen molar-refractivity contribution in [1.82, 2.24) is 0 Å². The molecule has 0 bridgehead atoms. The van der Waals surface area contributed by atoms with Crippen LogP contribution in [0.25, 0.3) is 0 Å². The third-order valence-corrected chi connectivity index (χ3v) is 1.74. The fourth-order valence-electron chi connectivity index (χ4n) is 0.807. The molecule has 12 heavy (non-hydrogen) atoms. The number of hydrogen-bond acceptors (Lipinski definition) is 1. The lowest BCUT2D eigenvalue weighted by atomic mass is 10.1. The van der Waals surface area contributed by atoms with Crippen LogP contribution in [-0.4, -0.2) is 6.29 Å². The number of rotatable bonds is 2. The van der Waals surface area contributed by atoms with Crippen molar-refractivity contribution in [2.24, 2.45) is 0 Å². The maximum absolute atomic E-state index is 12.8. The quantitative estimate of drug-likeness (QED) is 0.517. The zero-order chi connectivity index (χ0) is 9.14. The van der Waals surface area contributed by atoms with Crippen molar-refractivity contribution in [3.05, 3.63) is 35.4 Å². The molecule has 1 nitrogen and oxygen atoms in total. The van der Waals surface area contributed by atoms with Crippen LogP contribution in [0, 0.1) is 11.6 Å².